The number of carbonyl (C=O) groups is 2. The predicted octanol–water partition coefficient (Wildman–Crippen LogP) is 3.60. The Morgan fingerprint density at radius 1 is 0.700 bits per heavy atom. The van der Waals surface area contributed by atoms with Gasteiger partial charge in [-0.2, -0.15) is 0 Å². The Labute approximate surface area is 172 Å². The van der Waals surface area contributed by atoms with Crippen molar-refractivity contribution in [3.8, 4) is 33.8 Å². The van der Waals surface area contributed by atoms with Crippen molar-refractivity contribution in [2.45, 2.75) is 0 Å². The highest BCUT2D eigenvalue weighted by molar-refractivity contribution is 5.96. The maximum Gasteiger partial charge on any atom is 0.337 e. The normalized spacial score (nSPS) is 10.5. The zero-order chi connectivity index (χ0) is 22.0. The van der Waals surface area contributed by atoms with E-state index in [1.165, 1.54) is 26.4 Å². The smallest absolute Gasteiger partial charge is 0.337 e. The molecule has 3 rings (SSSR count). The SMILES string of the molecule is COc1cc(-c2ccc(C(=O)O)c(N)c2)c(OC)cc1-c1ccc(C(=O)O)c(N)c1. The predicted molar refractivity (Wildman–Crippen MR) is 113 cm³/mol. The molecular weight excluding hydrogens is 388 g/mol. The summed E-state index contributed by atoms with van der Waals surface area (Å²) in [6.07, 6.45) is 0. The van der Waals surface area contributed by atoms with E-state index in [2.05, 4.69) is 0 Å². The van der Waals surface area contributed by atoms with Gasteiger partial charge in [0.05, 0.1) is 25.3 Å². The topological polar surface area (TPSA) is 145 Å². The van der Waals surface area contributed by atoms with Gasteiger partial charge in [0.2, 0.25) is 0 Å². The first-order chi connectivity index (χ1) is 14.3. The summed E-state index contributed by atoms with van der Waals surface area (Å²) in [7, 11) is 3.01. The third-order valence-corrected chi connectivity index (χ3v) is 4.71. The van der Waals surface area contributed by atoms with Gasteiger partial charge in [0.25, 0.3) is 0 Å². The molecule has 30 heavy (non-hydrogen) atoms. The highest BCUT2D eigenvalue weighted by Gasteiger charge is 2.17. The van der Waals surface area contributed by atoms with Gasteiger partial charge in [-0.15, -0.1) is 0 Å². The van der Waals surface area contributed by atoms with E-state index in [9.17, 15) is 19.8 Å². The van der Waals surface area contributed by atoms with Crippen molar-refractivity contribution < 1.29 is 29.3 Å². The molecule has 3 aromatic carbocycles. The van der Waals surface area contributed by atoms with E-state index in [4.69, 9.17) is 20.9 Å². The quantitative estimate of drug-likeness (QED) is 0.453. The number of benzene rings is 3. The maximum absolute atomic E-state index is 11.2. The number of rotatable bonds is 6. The van der Waals surface area contributed by atoms with E-state index in [0.29, 0.717) is 33.8 Å². The van der Waals surface area contributed by atoms with Gasteiger partial charge >= 0.3 is 11.9 Å². The molecule has 0 fully saturated rings. The lowest BCUT2D eigenvalue weighted by Crippen LogP contribution is -2.03. The third-order valence-electron chi connectivity index (χ3n) is 4.71. The lowest BCUT2D eigenvalue weighted by atomic mass is 9.95. The van der Waals surface area contributed by atoms with Crippen LogP contribution in [-0.4, -0.2) is 36.4 Å². The Hall–Kier alpha value is -4.20. The molecule has 0 aliphatic rings. The van der Waals surface area contributed by atoms with Gasteiger partial charge in [0.1, 0.15) is 11.5 Å². The Balaban J connectivity index is 2.16. The standard InChI is InChI=1S/C22H20N2O6/c1-29-19-9-16(12-4-6-14(22(27)28)18(24)8-12)20(30-2)10-15(19)11-3-5-13(21(25)26)17(23)7-11/h3-10H,23-24H2,1-2H3,(H,25,26)(H,27,28). The molecule has 8 nitrogen and oxygen atoms in total. The molecule has 6 N–H and O–H groups in total. The molecule has 0 bridgehead atoms. The fourth-order valence-electron chi connectivity index (χ4n) is 3.20. The summed E-state index contributed by atoms with van der Waals surface area (Å²) in [5.41, 5.74) is 14.6. The third kappa shape index (κ3) is 3.70. The maximum atomic E-state index is 11.2. The zero-order valence-electron chi connectivity index (χ0n) is 16.3. The van der Waals surface area contributed by atoms with Crippen molar-refractivity contribution in [3.05, 3.63) is 59.7 Å². The lowest BCUT2D eigenvalue weighted by molar-refractivity contribution is 0.0687. The highest BCUT2D eigenvalue weighted by atomic mass is 16.5. The molecule has 0 saturated heterocycles. The van der Waals surface area contributed by atoms with Gasteiger partial charge in [-0.25, -0.2) is 9.59 Å². The summed E-state index contributed by atoms with van der Waals surface area (Å²) in [4.78, 5) is 22.4. The van der Waals surface area contributed by atoms with Gasteiger partial charge < -0.3 is 31.2 Å². The number of carboxylic acid groups (broad SMARTS) is 2. The molecule has 0 atom stereocenters. The molecule has 0 unspecified atom stereocenters. The second kappa shape index (κ2) is 8.04. The monoisotopic (exact) mass is 408 g/mol. The highest BCUT2D eigenvalue weighted by Crippen LogP contribution is 2.42. The van der Waals surface area contributed by atoms with Crippen LogP contribution in [0, 0.1) is 0 Å². The minimum absolute atomic E-state index is 0.00953. The van der Waals surface area contributed by atoms with E-state index in [1.54, 1.807) is 36.4 Å². The lowest BCUT2D eigenvalue weighted by Gasteiger charge is -2.16. The number of aromatic carboxylic acids is 2. The fourth-order valence-corrected chi connectivity index (χ4v) is 3.20. The van der Waals surface area contributed by atoms with Crippen LogP contribution in [0.2, 0.25) is 0 Å². The molecule has 0 saturated carbocycles. The Morgan fingerprint density at radius 3 is 1.33 bits per heavy atom. The molecule has 0 radical (unpaired) electrons. The Morgan fingerprint density at radius 2 is 1.07 bits per heavy atom. The number of nitrogen functional groups attached to an aromatic ring is 2. The molecule has 0 spiro atoms. The van der Waals surface area contributed by atoms with Crippen LogP contribution in [0.1, 0.15) is 20.7 Å². The molecule has 0 heterocycles. The van der Waals surface area contributed by atoms with Crippen LogP contribution >= 0.6 is 0 Å². The van der Waals surface area contributed by atoms with Crippen LogP contribution in [0.25, 0.3) is 22.3 Å². The van der Waals surface area contributed by atoms with E-state index in [0.717, 1.165) is 0 Å². The van der Waals surface area contributed by atoms with Crippen LogP contribution < -0.4 is 20.9 Å². The molecule has 154 valence electrons. The van der Waals surface area contributed by atoms with E-state index in [1.807, 2.05) is 0 Å². The van der Waals surface area contributed by atoms with Crippen LogP contribution in [0.5, 0.6) is 11.5 Å². The first kappa shape index (κ1) is 20.5. The average molecular weight is 408 g/mol. The van der Waals surface area contributed by atoms with Crippen molar-refractivity contribution in [2.75, 3.05) is 25.7 Å². The van der Waals surface area contributed by atoms with E-state index < -0.39 is 11.9 Å². The minimum Gasteiger partial charge on any atom is -0.496 e. The largest absolute Gasteiger partial charge is 0.496 e. The molecule has 3 aromatic rings. The number of methoxy groups -OCH3 is 2. The van der Waals surface area contributed by atoms with Crippen molar-refractivity contribution in [1.29, 1.82) is 0 Å². The van der Waals surface area contributed by atoms with E-state index in [-0.39, 0.29) is 22.5 Å². The van der Waals surface area contributed by atoms with Crippen LogP contribution in [0.15, 0.2) is 48.5 Å². The van der Waals surface area contributed by atoms with Crippen molar-refractivity contribution >= 4 is 23.3 Å². The van der Waals surface area contributed by atoms with Gasteiger partial charge in [0.15, 0.2) is 0 Å². The molecule has 0 amide bonds. The second-order valence-electron chi connectivity index (χ2n) is 6.47. The number of ether oxygens (including phenoxy) is 2. The molecule has 0 aliphatic carbocycles. The second-order valence-corrected chi connectivity index (χ2v) is 6.47. The number of hydrogen-bond acceptors (Lipinski definition) is 6. The molecular formula is C22H20N2O6. The number of nitrogens with two attached hydrogens (primary N) is 2. The van der Waals surface area contributed by atoms with Crippen molar-refractivity contribution in [1.82, 2.24) is 0 Å². The summed E-state index contributed by atoms with van der Waals surface area (Å²) >= 11 is 0. The zero-order valence-corrected chi connectivity index (χ0v) is 16.3. The molecule has 0 aliphatic heterocycles. The summed E-state index contributed by atoms with van der Waals surface area (Å²) in [5, 5.41) is 18.4. The number of anilines is 2. The number of hydrogen-bond donors (Lipinski definition) is 4. The van der Waals surface area contributed by atoms with Crippen LogP contribution in [0.4, 0.5) is 11.4 Å². The fraction of sp³-hybridized carbons (Fsp3) is 0.0909. The first-order valence-corrected chi connectivity index (χ1v) is 8.79. The minimum atomic E-state index is -1.11. The summed E-state index contributed by atoms with van der Waals surface area (Å²) < 4.78 is 11.1. The summed E-state index contributed by atoms with van der Waals surface area (Å²) in [6, 6.07) is 12.7. The number of carboxylic acids is 2. The first-order valence-electron chi connectivity index (χ1n) is 8.79. The Bertz CT molecular complexity index is 1070. The van der Waals surface area contributed by atoms with Gasteiger partial charge in [-0.05, 0) is 47.5 Å². The van der Waals surface area contributed by atoms with E-state index >= 15 is 0 Å². The summed E-state index contributed by atoms with van der Waals surface area (Å²) in [5.74, 6) is -1.23. The van der Waals surface area contributed by atoms with Gasteiger partial charge in [-0.3, -0.25) is 0 Å². The Kier molecular flexibility index (Phi) is 5.50. The van der Waals surface area contributed by atoms with Crippen LogP contribution in [0.3, 0.4) is 0 Å². The van der Waals surface area contributed by atoms with Crippen molar-refractivity contribution in [2.24, 2.45) is 0 Å². The van der Waals surface area contributed by atoms with Crippen molar-refractivity contribution in [3.63, 3.8) is 0 Å². The van der Waals surface area contributed by atoms with Gasteiger partial charge in [-0.1, -0.05) is 12.1 Å². The van der Waals surface area contributed by atoms with Gasteiger partial charge in [0, 0.05) is 22.5 Å². The average Bonchev–Trinajstić information content (AvgIpc) is 2.71. The molecule has 0 aromatic heterocycles. The van der Waals surface area contributed by atoms with Crippen LogP contribution in [-0.2, 0) is 0 Å². The summed E-state index contributed by atoms with van der Waals surface area (Å²) in [6.45, 7) is 0. The molecule has 8 heteroatoms.